The fourth-order valence-electron chi connectivity index (χ4n) is 4.04. The number of nitrogens with zero attached hydrogens (tertiary/aromatic N) is 1. The summed E-state index contributed by atoms with van der Waals surface area (Å²) in [5.41, 5.74) is 0.735. The number of carbonyl (C=O) groups is 1. The smallest absolute Gasteiger partial charge is 0.254 e. The number of ether oxygens (including phenoxy) is 1. The van der Waals surface area contributed by atoms with Crippen molar-refractivity contribution in [3.8, 4) is 0 Å². The number of morpholine rings is 1. The van der Waals surface area contributed by atoms with Crippen molar-refractivity contribution in [1.29, 1.82) is 0 Å². The summed E-state index contributed by atoms with van der Waals surface area (Å²) in [4.78, 5) is 14.9. The lowest BCUT2D eigenvalue weighted by atomic mass is 9.82. The van der Waals surface area contributed by atoms with Crippen LogP contribution in [0.25, 0.3) is 0 Å². The highest BCUT2D eigenvalue weighted by atomic mass is 16.5. The maximum absolute atomic E-state index is 12.8. The van der Waals surface area contributed by atoms with Crippen LogP contribution in [0.5, 0.6) is 0 Å². The molecule has 1 aliphatic heterocycles. The second-order valence-corrected chi connectivity index (χ2v) is 7.06. The highest BCUT2D eigenvalue weighted by Gasteiger charge is 2.56. The average Bonchev–Trinajstić information content (AvgIpc) is 3.25. The molecule has 3 aliphatic rings. The Morgan fingerprint density at radius 1 is 0.905 bits per heavy atom. The number of hydrogen-bond acceptors (Lipinski definition) is 2. The summed E-state index contributed by atoms with van der Waals surface area (Å²) < 4.78 is 6.54. The van der Waals surface area contributed by atoms with Gasteiger partial charge in [0.25, 0.3) is 5.91 Å². The van der Waals surface area contributed by atoms with Gasteiger partial charge in [-0.2, -0.15) is 0 Å². The van der Waals surface area contributed by atoms with Crippen molar-refractivity contribution < 1.29 is 9.53 Å². The van der Waals surface area contributed by atoms with E-state index >= 15 is 0 Å². The van der Waals surface area contributed by atoms with Gasteiger partial charge in [-0.3, -0.25) is 4.79 Å². The molecular weight excluding hydrogens is 262 g/mol. The molecule has 2 spiro atoms. The third-order valence-electron chi connectivity index (χ3n) is 5.27. The largest absolute Gasteiger partial charge is 0.365 e. The van der Waals surface area contributed by atoms with Gasteiger partial charge in [-0.05, 0) is 37.8 Å². The first-order valence-electron chi connectivity index (χ1n) is 8.25. The molecule has 0 radical (unpaired) electrons. The van der Waals surface area contributed by atoms with Gasteiger partial charge in [0.05, 0.1) is 24.3 Å². The van der Waals surface area contributed by atoms with Gasteiger partial charge in [-0.15, -0.1) is 0 Å². The molecule has 3 nitrogen and oxygen atoms in total. The lowest BCUT2D eigenvalue weighted by Crippen LogP contribution is -2.59. The third-order valence-corrected chi connectivity index (χ3v) is 5.27. The van der Waals surface area contributed by atoms with Crippen LogP contribution < -0.4 is 0 Å². The minimum absolute atomic E-state index is 0.0139. The first-order valence-corrected chi connectivity index (χ1v) is 8.25. The Morgan fingerprint density at radius 2 is 1.52 bits per heavy atom. The first kappa shape index (κ1) is 13.3. The molecule has 3 heteroatoms. The second-order valence-electron chi connectivity index (χ2n) is 7.06. The van der Waals surface area contributed by atoms with Gasteiger partial charge in [0, 0.05) is 5.56 Å². The summed E-state index contributed by atoms with van der Waals surface area (Å²) in [5.74, 6) is 0.176. The minimum atomic E-state index is -0.0581. The van der Waals surface area contributed by atoms with E-state index in [0.717, 1.165) is 44.3 Å². The number of amides is 1. The molecule has 1 heterocycles. The van der Waals surface area contributed by atoms with E-state index in [0.29, 0.717) is 0 Å². The summed E-state index contributed by atoms with van der Waals surface area (Å²) in [6.45, 7) is 1.56. The maximum Gasteiger partial charge on any atom is 0.254 e. The maximum atomic E-state index is 12.8. The molecule has 0 aromatic heterocycles. The van der Waals surface area contributed by atoms with E-state index in [9.17, 15) is 4.79 Å². The van der Waals surface area contributed by atoms with Crippen molar-refractivity contribution in [2.24, 2.45) is 0 Å². The summed E-state index contributed by atoms with van der Waals surface area (Å²) >= 11 is 0. The zero-order valence-corrected chi connectivity index (χ0v) is 12.5. The molecule has 2 aliphatic carbocycles. The Labute approximate surface area is 126 Å². The number of carbonyl (C=O) groups excluding carboxylic acids is 1. The number of benzene rings is 1. The van der Waals surface area contributed by atoms with Crippen molar-refractivity contribution in [3.05, 3.63) is 35.9 Å². The van der Waals surface area contributed by atoms with Gasteiger partial charge < -0.3 is 9.64 Å². The number of hydrogen-bond donors (Lipinski definition) is 0. The van der Waals surface area contributed by atoms with Crippen LogP contribution in [0.3, 0.4) is 0 Å². The number of rotatable bonds is 1. The Balaban J connectivity index is 1.58. The molecule has 1 amide bonds. The van der Waals surface area contributed by atoms with Gasteiger partial charge in [-0.1, -0.05) is 37.5 Å². The van der Waals surface area contributed by atoms with Crippen LogP contribution in [-0.2, 0) is 4.74 Å². The van der Waals surface area contributed by atoms with Gasteiger partial charge in [0.2, 0.25) is 0 Å². The first-order chi connectivity index (χ1) is 10.2. The Bertz CT molecular complexity index is 529. The average molecular weight is 285 g/mol. The predicted octanol–water partition coefficient (Wildman–Crippen LogP) is 3.39. The van der Waals surface area contributed by atoms with Gasteiger partial charge in [-0.25, -0.2) is 0 Å². The molecule has 1 aromatic rings. The van der Waals surface area contributed by atoms with Crippen molar-refractivity contribution in [1.82, 2.24) is 4.90 Å². The fraction of sp³-hybridized carbons (Fsp3) is 0.611. The summed E-state index contributed by atoms with van der Waals surface area (Å²) in [5, 5.41) is 0. The van der Waals surface area contributed by atoms with Crippen molar-refractivity contribution in [2.45, 2.75) is 56.1 Å². The quantitative estimate of drug-likeness (QED) is 0.791. The summed E-state index contributed by atoms with van der Waals surface area (Å²) in [6.07, 6.45) is 8.26. The highest BCUT2D eigenvalue weighted by molar-refractivity contribution is 5.94. The molecule has 0 atom stereocenters. The molecule has 1 saturated heterocycles. The van der Waals surface area contributed by atoms with Crippen LogP contribution in [0.4, 0.5) is 0 Å². The molecule has 4 rings (SSSR count). The van der Waals surface area contributed by atoms with E-state index in [1.165, 1.54) is 19.3 Å². The van der Waals surface area contributed by atoms with Crippen LogP contribution >= 0.6 is 0 Å². The van der Waals surface area contributed by atoms with Crippen LogP contribution in [0, 0.1) is 0 Å². The zero-order chi connectivity index (χ0) is 14.3. The van der Waals surface area contributed by atoms with Crippen LogP contribution in [-0.4, -0.2) is 35.1 Å². The third kappa shape index (κ3) is 2.48. The van der Waals surface area contributed by atoms with E-state index < -0.39 is 0 Å². The molecule has 21 heavy (non-hydrogen) atoms. The van der Waals surface area contributed by atoms with E-state index in [4.69, 9.17) is 4.74 Å². The minimum Gasteiger partial charge on any atom is -0.365 e. The fourth-order valence-corrected chi connectivity index (χ4v) is 4.04. The SMILES string of the molecule is O=C(c1ccccc1)N1CC2(CCCCC2)OC2(CC2)C1. The summed E-state index contributed by atoms with van der Waals surface area (Å²) in [7, 11) is 0. The molecule has 0 N–H and O–H groups in total. The lowest BCUT2D eigenvalue weighted by molar-refractivity contribution is -0.173. The van der Waals surface area contributed by atoms with E-state index in [1.54, 1.807) is 0 Å². The van der Waals surface area contributed by atoms with E-state index in [1.807, 2.05) is 30.3 Å². The predicted molar refractivity (Wildman–Crippen MR) is 81.2 cm³/mol. The van der Waals surface area contributed by atoms with Crippen molar-refractivity contribution in [2.75, 3.05) is 13.1 Å². The summed E-state index contributed by atoms with van der Waals surface area (Å²) in [6, 6.07) is 9.69. The molecule has 0 unspecified atom stereocenters. The standard InChI is InChI=1S/C18H23NO2/c20-16(15-7-3-1-4-8-15)19-13-17(9-5-2-6-10-17)21-18(14-19)11-12-18/h1,3-4,7-8H,2,5-6,9-14H2. The lowest BCUT2D eigenvalue weighted by Gasteiger charge is -2.49. The van der Waals surface area contributed by atoms with E-state index in [-0.39, 0.29) is 17.1 Å². The second kappa shape index (κ2) is 4.84. The molecule has 1 aromatic carbocycles. The van der Waals surface area contributed by atoms with Crippen LogP contribution in [0.2, 0.25) is 0 Å². The van der Waals surface area contributed by atoms with E-state index in [2.05, 4.69) is 4.90 Å². The molecular formula is C18H23NO2. The topological polar surface area (TPSA) is 29.5 Å². The Hall–Kier alpha value is -1.35. The Morgan fingerprint density at radius 3 is 2.14 bits per heavy atom. The monoisotopic (exact) mass is 285 g/mol. The van der Waals surface area contributed by atoms with Crippen LogP contribution in [0.1, 0.15) is 55.3 Å². The van der Waals surface area contributed by atoms with Gasteiger partial charge in [0.15, 0.2) is 0 Å². The van der Waals surface area contributed by atoms with Crippen molar-refractivity contribution >= 4 is 5.91 Å². The zero-order valence-electron chi connectivity index (χ0n) is 12.5. The molecule has 2 saturated carbocycles. The molecule has 3 fully saturated rings. The van der Waals surface area contributed by atoms with Crippen molar-refractivity contribution in [3.63, 3.8) is 0 Å². The van der Waals surface area contributed by atoms with Gasteiger partial charge >= 0.3 is 0 Å². The Kier molecular flexibility index (Phi) is 3.07. The van der Waals surface area contributed by atoms with Crippen LogP contribution in [0.15, 0.2) is 30.3 Å². The normalized spacial score (nSPS) is 26.0. The highest BCUT2D eigenvalue weighted by Crippen LogP contribution is 2.50. The molecule has 0 bridgehead atoms. The van der Waals surface area contributed by atoms with Gasteiger partial charge in [0.1, 0.15) is 0 Å². The molecule has 112 valence electrons.